The van der Waals surface area contributed by atoms with Crippen LogP contribution in [0.4, 0.5) is 0 Å². The second kappa shape index (κ2) is 6.25. The van der Waals surface area contributed by atoms with Crippen LogP contribution in [0.1, 0.15) is 18.1 Å². The van der Waals surface area contributed by atoms with Crippen LogP contribution >= 0.6 is 0 Å². The summed E-state index contributed by atoms with van der Waals surface area (Å²) in [6.45, 7) is 2.20. The van der Waals surface area contributed by atoms with E-state index >= 15 is 0 Å². The monoisotopic (exact) mass is 307 g/mol. The van der Waals surface area contributed by atoms with Gasteiger partial charge in [-0.2, -0.15) is 0 Å². The summed E-state index contributed by atoms with van der Waals surface area (Å²) in [5.41, 5.74) is 6.37. The number of benzene rings is 3. The molecule has 1 aliphatic carbocycles. The minimum absolute atomic E-state index is 1.26. The maximum absolute atomic E-state index is 2.27. The van der Waals surface area contributed by atoms with E-state index in [4.69, 9.17) is 0 Å². The lowest BCUT2D eigenvalue weighted by atomic mass is 9.91. The van der Waals surface area contributed by atoms with Gasteiger partial charge in [0, 0.05) is 41.3 Å². The van der Waals surface area contributed by atoms with E-state index in [0.717, 1.165) is 0 Å². The third-order valence-corrected chi connectivity index (χ3v) is 4.61. The Morgan fingerprint density at radius 3 is 2.25 bits per heavy atom. The van der Waals surface area contributed by atoms with Crippen LogP contribution in [-0.4, -0.2) is 0 Å². The van der Waals surface area contributed by atoms with Crippen molar-refractivity contribution < 1.29 is 0 Å². The van der Waals surface area contributed by atoms with Crippen LogP contribution < -0.4 is 0 Å². The molecular weight excluding hydrogens is 288 g/mol. The van der Waals surface area contributed by atoms with E-state index in [1.807, 2.05) is 0 Å². The molecule has 0 bridgehead atoms. The molecule has 0 spiro atoms. The van der Waals surface area contributed by atoms with E-state index < -0.39 is 0 Å². The highest BCUT2D eigenvalue weighted by Crippen LogP contribution is 2.29. The van der Waals surface area contributed by atoms with Crippen molar-refractivity contribution in [2.45, 2.75) is 6.92 Å². The van der Waals surface area contributed by atoms with Gasteiger partial charge in [0.15, 0.2) is 0 Å². The topological polar surface area (TPSA) is 0 Å². The highest BCUT2D eigenvalue weighted by atomic mass is 14.1. The van der Waals surface area contributed by atoms with E-state index in [2.05, 4.69) is 104 Å². The molecule has 0 unspecified atom stereocenters. The van der Waals surface area contributed by atoms with E-state index in [9.17, 15) is 0 Å². The molecule has 3 aromatic carbocycles. The lowest BCUT2D eigenvalue weighted by Crippen LogP contribution is -1.93. The summed E-state index contributed by atoms with van der Waals surface area (Å²) in [5, 5.41) is 2.57. The first kappa shape index (κ1) is 14.6. The third kappa shape index (κ3) is 2.79. The quantitative estimate of drug-likeness (QED) is 0.476. The summed E-state index contributed by atoms with van der Waals surface area (Å²) < 4.78 is 0. The Kier molecular flexibility index (Phi) is 3.80. The van der Waals surface area contributed by atoms with Crippen molar-refractivity contribution >= 4 is 21.9 Å². The van der Waals surface area contributed by atoms with E-state index in [-0.39, 0.29) is 0 Å². The molecule has 0 aliphatic heterocycles. The maximum atomic E-state index is 2.27. The Morgan fingerprint density at radius 1 is 0.750 bits per heavy atom. The van der Waals surface area contributed by atoms with Gasteiger partial charge in [0.25, 0.3) is 0 Å². The zero-order valence-electron chi connectivity index (χ0n) is 13.7. The highest BCUT2D eigenvalue weighted by molar-refractivity contribution is 5.88. The average molecular weight is 307 g/mol. The van der Waals surface area contributed by atoms with E-state index in [1.165, 1.54) is 38.6 Å². The van der Waals surface area contributed by atoms with Crippen LogP contribution in [0.25, 0.3) is 21.9 Å². The van der Waals surface area contributed by atoms with Gasteiger partial charge in [0.2, 0.25) is 0 Å². The van der Waals surface area contributed by atoms with Gasteiger partial charge >= 0.3 is 0 Å². The Labute approximate surface area is 143 Å². The predicted molar refractivity (Wildman–Crippen MR) is 104 cm³/mol. The number of hydrogen-bond donors (Lipinski definition) is 0. The Bertz CT molecular complexity index is 969. The van der Waals surface area contributed by atoms with Gasteiger partial charge in [-0.05, 0) is 42.0 Å². The number of fused-ring (bicyclic) bond motifs is 1. The van der Waals surface area contributed by atoms with Crippen molar-refractivity contribution in [3.8, 4) is 0 Å². The number of hydrogen-bond acceptors (Lipinski definition) is 0. The molecule has 0 radical (unpaired) electrons. The minimum Gasteiger partial charge on any atom is -0.0622 e. The fraction of sp³-hybridized carbons (Fsp3) is 0.0417. The Morgan fingerprint density at radius 2 is 1.50 bits per heavy atom. The minimum atomic E-state index is 1.26. The molecule has 0 N–H and O–H groups in total. The molecule has 0 atom stereocenters. The first-order chi connectivity index (χ1) is 11.8. The molecule has 0 heteroatoms. The van der Waals surface area contributed by atoms with E-state index in [1.54, 1.807) is 0 Å². The largest absolute Gasteiger partial charge is 0.0994 e. The second-order valence-electron chi connectivity index (χ2n) is 6.13. The smallest absolute Gasteiger partial charge is 0.0622 e. The summed E-state index contributed by atoms with van der Waals surface area (Å²) in [5.74, 6) is 0. The van der Waals surface area contributed by atoms with Crippen molar-refractivity contribution in [1.82, 2.24) is 0 Å². The van der Waals surface area contributed by atoms with E-state index in [0.29, 0.717) is 0 Å². The van der Waals surface area contributed by atoms with Crippen molar-refractivity contribution in [3.63, 3.8) is 0 Å². The Balaban J connectivity index is 1.65. The predicted octanol–water partition coefficient (Wildman–Crippen LogP) is 6.47. The lowest BCUT2D eigenvalue weighted by Gasteiger charge is -2.07. The standard InChI is InChI=1S/C24H19/c1-18(23-16-15-21-9-5-6-10-24(21)17-23)19-11-13-22(14-12-19)20-7-3-2-4-8-20/h2-17H,1H3/q+1. The van der Waals surface area contributed by atoms with Crippen molar-refractivity contribution in [3.05, 3.63) is 114 Å². The molecule has 0 heterocycles. The molecule has 0 amide bonds. The first-order valence-corrected chi connectivity index (χ1v) is 8.30. The van der Waals surface area contributed by atoms with Gasteiger partial charge < -0.3 is 0 Å². The van der Waals surface area contributed by atoms with Gasteiger partial charge in [0.05, 0.1) is 11.1 Å². The number of allylic oxidation sites excluding steroid dienone is 6. The van der Waals surface area contributed by atoms with Gasteiger partial charge in [-0.15, -0.1) is 0 Å². The molecule has 0 saturated heterocycles. The zero-order chi connectivity index (χ0) is 16.4. The lowest BCUT2D eigenvalue weighted by molar-refractivity contribution is 1.47. The molecule has 1 aliphatic rings. The first-order valence-electron chi connectivity index (χ1n) is 8.30. The van der Waals surface area contributed by atoms with Crippen LogP contribution in [-0.2, 0) is 0 Å². The zero-order valence-corrected chi connectivity index (χ0v) is 13.7. The SMILES string of the molecule is CC(=C1C=CC(c2ccccc2)=C[CH+]1)c1ccc2ccccc2c1. The van der Waals surface area contributed by atoms with Gasteiger partial charge in [-0.25, -0.2) is 0 Å². The molecule has 0 fully saturated rings. The molecule has 0 saturated carbocycles. The third-order valence-electron chi connectivity index (χ3n) is 4.61. The molecule has 0 nitrogen and oxygen atoms in total. The van der Waals surface area contributed by atoms with Crippen molar-refractivity contribution in [2.24, 2.45) is 0 Å². The Hall–Kier alpha value is -2.99. The molecule has 24 heavy (non-hydrogen) atoms. The van der Waals surface area contributed by atoms with Gasteiger partial charge in [-0.3, -0.25) is 0 Å². The van der Waals surface area contributed by atoms with Crippen LogP contribution in [0.15, 0.2) is 96.6 Å². The molecule has 0 aromatic heterocycles. The van der Waals surface area contributed by atoms with Crippen LogP contribution in [0.5, 0.6) is 0 Å². The van der Waals surface area contributed by atoms with Crippen molar-refractivity contribution in [2.75, 3.05) is 0 Å². The molecule has 114 valence electrons. The van der Waals surface area contributed by atoms with Crippen LogP contribution in [0, 0.1) is 6.42 Å². The molecule has 3 aromatic rings. The maximum Gasteiger partial charge on any atom is 0.0994 e. The fourth-order valence-electron chi connectivity index (χ4n) is 3.13. The van der Waals surface area contributed by atoms with Gasteiger partial charge in [-0.1, -0.05) is 48.5 Å². The molecular formula is C24H19+. The highest BCUT2D eigenvalue weighted by Gasteiger charge is 2.15. The summed E-state index contributed by atoms with van der Waals surface area (Å²) in [7, 11) is 0. The van der Waals surface area contributed by atoms with Gasteiger partial charge in [0.1, 0.15) is 0 Å². The van der Waals surface area contributed by atoms with Crippen LogP contribution in [0.2, 0.25) is 0 Å². The van der Waals surface area contributed by atoms with Crippen LogP contribution in [0.3, 0.4) is 0 Å². The average Bonchev–Trinajstić information content (AvgIpc) is 2.68. The van der Waals surface area contributed by atoms with Crippen molar-refractivity contribution in [1.29, 1.82) is 0 Å². The summed E-state index contributed by atoms with van der Waals surface area (Å²) in [6, 6.07) is 25.7. The molecule has 4 rings (SSSR count). The second-order valence-corrected chi connectivity index (χ2v) is 6.13. The number of rotatable bonds is 2. The summed E-state index contributed by atoms with van der Waals surface area (Å²) in [6.07, 6.45) is 8.84. The normalized spacial score (nSPS) is 15.8. The summed E-state index contributed by atoms with van der Waals surface area (Å²) >= 11 is 0. The fourth-order valence-corrected chi connectivity index (χ4v) is 3.13. The summed E-state index contributed by atoms with van der Waals surface area (Å²) in [4.78, 5) is 0.